The number of carbonyl (C=O) groups is 1. The maximum Gasteiger partial charge on any atom is 0.431 e. The van der Waals surface area contributed by atoms with Gasteiger partial charge in [0.1, 0.15) is 0 Å². The van der Waals surface area contributed by atoms with Crippen LogP contribution in [0.1, 0.15) is 20.8 Å². The zero-order valence-electron chi connectivity index (χ0n) is 6.51. The third-order valence-corrected chi connectivity index (χ3v) is 0.653. The monoisotopic (exact) mass is 147 g/mol. The summed E-state index contributed by atoms with van der Waals surface area (Å²) in [6, 6.07) is 0. The summed E-state index contributed by atoms with van der Waals surface area (Å²) in [5.74, 6) is 0. The van der Waals surface area contributed by atoms with Crippen molar-refractivity contribution >= 4 is 6.09 Å². The number of hydroxylamine groups is 1. The van der Waals surface area contributed by atoms with Crippen molar-refractivity contribution in [2.45, 2.75) is 26.9 Å². The molecule has 0 unspecified atom stereocenters. The van der Waals surface area contributed by atoms with Crippen LogP contribution < -0.4 is 5.48 Å². The Morgan fingerprint density at radius 1 is 1.60 bits per heavy atom. The van der Waals surface area contributed by atoms with Gasteiger partial charge in [0.05, 0.1) is 12.7 Å². The Hall–Kier alpha value is -0.770. The van der Waals surface area contributed by atoms with E-state index in [1.807, 2.05) is 13.8 Å². The lowest BCUT2D eigenvalue weighted by Crippen LogP contribution is -2.27. The third kappa shape index (κ3) is 5.37. The van der Waals surface area contributed by atoms with E-state index in [9.17, 15) is 4.79 Å². The summed E-state index contributed by atoms with van der Waals surface area (Å²) < 4.78 is 4.52. The number of hydrogen-bond acceptors (Lipinski definition) is 3. The Morgan fingerprint density at radius 2 is 2.20 bits per heavy atom. The zero-order valence-corrected chi connectivity index (χ0v) is 6.51. The Balaban J connectivity index is 3.22. The lowest BCUT2D eigenvalue weighted by Gasteiger charge is -2.07. The number of nitrogens with one attached hydrogen (secondary N) is 1. The molecule has 4 nitrogen and oxygen atoms in total. The molecule has 1 amide bonds. The normalized spacial score (nSPS) is 9.60. The molecule has 0 aliphatic rings. The molecule has 0 fully saturated rings. The predicted octanol–water partition coefficient (Wildman–Crippen LogP) is 1.07. The van der Waals surface area contributed by atoms with Crippen LogP contribution in [0.2, 0.25) is 0 Å². The van der Waals surface area contributed by atoms with Gasteiger partial charge in [-0.1, -0.05) is 0 Å². The third-order valence-electron chi connectivity index (χ3n) is 0.653. The molecule has 4 heteroatoms. The second-order valence-electron chi connectivity index (χ2n) is 1.99. The standard InChI is InChI=1S/C6H13NO3/c1-4-9-6(8)7-10-5(2)3/h5H,4H2,1-3H3,(H,7,8). The van der Waals surface area contributed by atoms with Crippen molar-refractivity contribution in [3.8, 4) is 0 Å². The van der Waals surface area contributed by atoms with Gasteiger partial charge in [-0.2, -0.15) is 5.48 Å². The van der Waals surface area contributed by atoms with E-state index in [0.29, 0.717) is 6.61 Å². The molecule has 0 aromatic carbocycles. The van der Waals surface area contributed by atoms with Crippen LogP contribution in [0.4, 0.5) is 4.79 Å². The predicted molar refractivity (Wildman–Crippen MR) is 36.4 cm³/mol. The summed E-state index contributed by atoms with van der Waals surface area (Å²) in [5.41, 5.74) is 2.12. The highest BCUT2D eigenvalue weighted by molar-refractivity contribution is 5.65. The Bertz CT molecular complexity index is 103. The lowest BCUT2D eigenvalue weighted by molar-refractivity contribution is -0.00587. The largest absolute Gasteiger partial charge is 0.448 e. The summed E-state index contributed by atoms with van der Waals surface area (Å²) in [5, 5.41) is 0. The summed E-state index contributed by atoms with van der Waals surface area (Å²) in [6.45, 7) is 5.71. The molecule has 0 aliphatic carbocycles. The first kappa shape index (κ1) is 9.23. The summed E-state index contributed by atoms with van der Waals surface area (Å²) in [7, 11) is 0. The molecule has 0 aromatic heterocycles. The lowest BCUT2D eigenvalue weighted by atomic mass is 10.5. The number of rotatable bonds is 3. The number of ether oxygens (including phenoxy) is 1. The van der Waals surface area contributed by atoms with Crippen LogP contribution in [0.25, 0.3) is 0 Å². The molecule has 60 valence electrons. The average molecular weight is 147 g/mol. The molecule has 0 aromatic rings. The molecule has 0 spiro atoms. The van der Waals surface area contributed by atoms with Gasteiger partial charge in [-0.25, -0.2) is 4.79 Å². The molecule has 0 heterocycles. The first-order chi connectivity index (χ1) is 4.66. The minimum Gasteiger partial charge on any atom is -0.448 e. The second kappa shape index (κ2) is 5.05. The first-order valence-electron chi connectivity index (χ1n) is 3.25. The van der Waals surface area contributed by atoms with Gasteiger partial charge in [-0.05, 0) is 20.8 Å². The van der Waals surface area contributed by atoms with Crippen molar-refractivity contribution in [2.75, 3.05) is 6.61 Å². The van der Waals surface area contributed by atoms with Gasteiger partial charge in [0, 0.05) is 0 Å². The Kier molecular flexibility index (Phi) is 4.66. The molecule has 1 N–H and O–H groups in total. The van der Waals surface area contributed by atoms with Gasteiger partial charge in [0.25, 0.3) is 0 Å². The van der Waals surface area contributed by atoms with Gasteiger partial charge in [-0.15, -0.1) is 0 Å². The first-order valence-corrected chi connectivity index (χ1v) is 3.25. The molecule has 0 atom stereocenters. The quantitative estimate of drug-likeness (QED) is 0.607. The van der Waals surface area contributed by atoms with E-state index < -0.39 is 6.09 Å². The van der Waals surface area contributed by atoms with Crippen LogP contribution in [0, 0.1) is 0 Å². The Labute approximate surface area is 60.5 Å². The zero-order chi connectivity index (χ0) is 7.98. The molecule has 0 saturated carbocycles. The van der Waals surface area contributed by atoms with Crippen molar-refractivity contribution in [3.05, 3.63) is 0 Å². The van der Waals surface area contributed by atoms with E-state index in [-0.39, 0.29) is 6.10 Å². The highest BCUT2D eigenvalue weighted by Gasteiger charge is 1.99. The van der Waals surface area contributed by atoms with E-state index in [4.69, 9.17) is 4.84 Å². The van der Waals surface area contributed by atoms with Gasteiger partial charge < -0.3 is 4.74 Å². The fourth-order valence-electron chi connectivity index (χ4n) is 0.327. The van der Waals surface area contributed by atoms with Gasteiger partial charge in [0.2, 0.25) is 0 Å². The van der Waals surface area contributed by atoms with E-state index in [2.05, 4.69) is 10.2 Å². The van der Waals surface area contributed by atoms with Gasteiger partial charge in [0.15, 0.2) is 0 Å². The molecule has 0 saturated heterocycles. The van der Waals surface area contributed by atoms with Crippen molar-refractivity contribution < 1.29 is 14.4 Å². The number of amides is 1. The summed E-state index contributed by atoms with van der Waals surface area (Å²) in [6.07, 6.45) is -0.569. The number of carbonyl (C=O) groups excluding carboxylic acids is 1. The number of hydrogen-bond donors (Lipinski definition) is 1. The fraction of sp³-hybridized carbons (Fsp3) is 0.833. The minimum absolute atomic E-state index is 0.0237. The highest BCUT2D eigenvalue weighted by Crippen LogP contribution is 1.83. The van der Waals surface area contributed by atoms with E-state index >= 15 is 0 Å². The van der Waals surface area contributed by atoms with Crippen LogP contribution >= 0.6 is 0 Å². The molecule has 10 heavy (non-hydrogen) atoms. The topological polar surface area (TPSA) is 47.6 Å². The van der Waals surface area contributed by atoms with Crippen LogP contribution in [0.5, 0.6) is 0 Å². The van der Waals surface area contributed by atoms with Crippen LogP contribution in [-0.2, 0) is 9.57 Å². The maximum absolute atomic E-state index is 10.5. The molecular formula is C6H13NO3. The van der Waals surface area contributed by atoms with Crippen LogP contribution in [0.3, 0.4) is 0 Å². The Morgan fingerprint density at radius 3 is 2.60 bits per heavy atom. The molecule has 0 radical (unpaired) electrons. The van der Waals surface area contributed by atoms with Gasteiger partial charge >= 0.3 is 6.09 Å². The smallest absolute Gasteiger partial charge is 0.431 e. The minimum atomic E-state index is -0.545. The van der Waals surface area contributed by atoms with Crippen LogP contribution in [0.15, 0.2) is 0 Å². The molecule has 0 bridgehead atoms. The molecule has 0 rings (SSSR count). The SMILES string of the molecule is CCOC(=O)NOC(C)C. The fourth-order valence-corrected chi connectivity index (χ4v) is 0.327. The summed E-state index contributed by atoms with van der Waals surface area (Å²) in [4.78, 5) is 15.2. The summed E-state index contributed by atoms with van der Waals surface area (Å²) >= 11 is 0. The maximum atomic E-state index is 10.5. The van der Waals surface area contributed by atoms with Crippen molar-refractivity contribution in [1.29, 1.82) is 0 Å². The highest BCUT2D eigenvalue weighted by atomic mass is 16.7. The van der Waals surface area contributed by atoms with Gasteiger partial charge in [-0.3, -0.25) is 4.84 Å². The van der Waals surface area contributed by atoms with Crippen LogP contribution in [-0.4, -0.2) is 18.8 Å². The molecular weight excluding hydrogens is 134 g/mol. The van der Waals surface area contributed by atoms with Crippen molar-refractivity contribution in [1.82, 2.24) is 5.48 Å². The van der Waals surface area contributed by atoms with Crippen molar-refractivity contribution in [2.24, 2.45) is 0 Å². The van der Waals surface area contributed by atoms with Crippen molar-refractivity contribution in [3.63, 3.8) is 0 Å². The average Bonchev–Trinajstić information content (AvgIpc) is 1.85. The van der Waals surface area contributed by atoms with E-state index in [1.165, 1.54) is 0 Å². The second-order valence-corrected chi connectivity index (χ2v) is 1.99. The van der Waals surface area contributed by atoms with E-state index in [1.54, 1.807) is 6.92 Å². The molecule has 0 aliphatic heterocycles. The van der Waals surface area contributed by atoms with E-state index in [0.717, 1.165) is 0 Å².